The molecule has 4 heterocycles. The molecule has 6 heteroatoms. The molecule has 46 heavy (non-hydrogen) atoms. The largest absolute Gasteiger partial charge is 0.398 e. The molecule has 6 aromatic rings. The number of hydrogen-bond acceptors (Lipinski definition) is 4. The van der Waals surface area contributed by atoms with Gasteiger partial charge in [-0.1, -0.05) is 62.0 Å². The lowest BCUT2D eigenvalue weighted by Gasteiger charge is -2.30. The highest BCUT2D eigenvalue weighted by molar-refractivity contribution is 8.03. The van der Waals surface area contributed by atoms with Crippen molar-refractivity contribution < 1.29 is 8.98 Å². The number of aryl methyl sites for hydroxylation is 1. The van der Waals surface area contributed by atoms with Crippen LogP contribution >= 0.6 is 23.1 Å². The molecule has 0 amide bonds. The minimum absolute atomic E-state index is 0.151. The quantitative estimate of drug-likeness (QED) is 0.169. The van der Waals surface area contributed by atoms with E-state index in [0.717, 1.165) is 48.6 Å². The Hall–Kier alpha value is -4.26. The third-order valence-electron chi connectivity index (χ3n) is 9.11. The summed E-state index contributed by atoms with van der Waals surface area (Å²) in [4.78, 5) is 5.12. The Kier molecular flexibility index (Phi) is 7.30. The topological polar surface area (TPSA) is 25.2 Å². The van der Waals surface area contributed by atoms with Crippen molar-refractivity contribution in [1.82, 2.24) is 4.57 Å². The lowest BCUT2D eigenvalue weighted by Crippen LogP contribution is -2.34. The van der Waals surface area contributed by atoms with Gasteiger partial charge < -0.3 is 13.9 Å². The van der Waals surface area contributed by atoms with Gasteiger partial charge in [0, 0.05) is 28.6 Å². The zero-order valence-electron chi connectivity index (χ0n) is 26.8. The summed E-state index contributed by atoms with van der Waals surface area (Å²) in [6.07, 6.45) is 11.3. The fraction of sp³-hybridized carbons (Fsp3) is 0.225. The minimum Gasteiger partial charge on any atom is -0.398 e. The normalized spacial score (nSPS) is 17.8. The van der Waals surface area contributed by atoms with Crippen LogP contribution in [0.25, 0.3) is 44.2 Å². The number of fused-ring (bicyclic) bond motifs is 3. The first-order chi connectivity index (χ1) is 22.4. The Morgan fingerprint density at radius 2 is 1.83 bits per heavy atom. The Morgan fingerprint density at radius 3 is 2.65 bits per heavy atom. The van der Waals surface area contributed by atoms with E-state index in [1.807, 2.05) is 11.8 Å². The van der Waals surface area contributed by atoms with E-state index >= 15 is 0 Å². The van der Waals surface area contributed by atoms with Crippen molar-refractivity contribution in [2.75, 3.05) is 11.4 Å². The van der Waals surface area contributed by atoms with Crippen LogP contribution in [0.15, 0.2) is 128 Å². The van der Waals surface area contributed by atoms with Crippen LogP contribution < -0.4 is 9.47 Å². The maximum absolute atomic E-state index is 6.53. The van der Waals surface area contributed by atoms with E-state index in [4.69, 9.17) is 4.42 Å². The fourth-order valence-electron chi connectivity index (χ4n) is 7.12. The summed E-state index contributed by atoms with van der Waals surface area (Å²) < 4.78 is 11.1. The molecular formula is C40H38N3OS2+. The van der Waals surface area contributed by atoms with Gasteiger partial charge in [0.2, 0.25) is 5.58 Å². The maximum Gasteiger partial charge on any atom is 0.374 e. The van der Waals surface area contributed by atoms with Crippen molar-refractivity contribution in [3.63, 3.8) is 0 Å². The number of para-hydroxylation sites is 1. The predicted molar refractivity (Wildman–Crippen MR) is 195 cm³/mol. The van der Waals surface area contributed by atoms with Crippen LogP contribution in [0.3, 0.4) is 0 Å². The molecule has 0 spiro atoms. The van der Waals surface area contributed by atoms with Crippen molar-refractivity contribution in [3.8, 4) is 16.1 Å². The molecule has 0 fully saturated rings. The number of aromatic nitrogens is 2. The molecule has 0 atom stereocenters. The van der Waals surface area contributed by atoms with Crippen molar-refractivity contribution in [2.45, 2.75) is 52.0 Å². The van der Waals surface area contributed by atoms with Crippen LogP contribution in [-0.2, 0) is 6.54 Å². The van der Waals surface area contributed by atoms with Crippen LogP contribution in [0, 0.1) is 5.41 Å². The van der Waals surface area contributed by atoms with Gasteiger partial charge in [0.1, 0.15) is 6.54 Å². The van der Waals surface area contributed by atoms with Crippen molar-refractivity contribution in [1.29, 1.82) is 0 Å². The second kappa shape index (κ2) is 11.5. The third-order valence-corrected chi connectivity index (χ3v) is 11.1. The SMILES string of the molecule is CCN1/C(=C/C2=CC(=C/c3oc4ccc(-n5ccc6ccccc65)cc4[n+]3CC)/CC(C)(C)C2)Sc2ccc(-c3cccs3)cc21. The maximum atomic E-state index is 6.53. The van der Waals surface area contributed by atoms with Gasteiger partial charge in [-0.3, -0.25) is 0 Å². The van der Waals surface area contributed by atoms with E-state index in [0.29, 0.717) is 0 Å². The van der Waals surface area contributed by atoms with E-state index in [2.05, 4.69) is 150 Å². The highest BCUT2D eigenvalue weighted by Crippen LogP contribution is 2.49. The molecule has 1 aliphatic carbocycles. The van der Waals surface area contributed by atoms with E-state index in [9.17, 15) is 0 Å². The first-order valence-corrected chi connectivity index (χ1v) is 17.9. The highest BCUT2D eigenvalue weighted by atomic mass is 32.2. The Bertz CT molecular complexity index is 2190. The highest BCUT2D eigenvalue weighted by Gasteiger charge is 2.30. The Labute approximate surface area is 279 Å². The molecule has 8 rings (SSSR count). The van der Waals surface area contributed by atoms with Crippen molar-refractivity contribution in [2.24, 2.45) is 5.41 Å². The average Bonchev–Trinajstić information content (AvgIpc) is 3.84. The lowest BCUT2D eigenvalue weighted by atomic mass is 9.75. The number of nitrogens with zero attached hydrogens (tertiary/aromatic N) is 3. The first-order valence-electron chi connectivity index (χ1n) is 16.2. The number of anilines is 1. The fourth-order valence-corrected chi connectivity index (χ4v) is 9.03. The number of oxazole rings is 1. The molecule has 230 valence electrons. The van der Waals surface area contributed by atoms with Gasteiger partial charge in [0.25, 0.3) is 5.52 Å². The molecule has 1 aliphatic heterocycles. The molecule has 0 radical (unpaired) electrons. The van der Waals surface area contributed by atoms with Crippen molar-refractivity contribution in [3.05, 3.63) is 125 Å². The van der Waals surface area contributed by atoms with E-state index in [-0.39, 0.29) is 5.41 Å². The van der Waals surface area contributed by atoms with Gasteiger partial charge in [0.05, 0.1) is 28.0 Å². The first kappa shape index (κ1) is 29.2. The molecule has 3 aromatic carbocycles. The van der Waals surface area contributed by atoms with Gasteiger partial charge in [-0.2, -0.15) is 4.57 Å². The molecule has 2 aliphatic rings. The van der Waals surface area contributed by atoms with Gasteiger partial charge in [-0.15, -0.1) is 11.3 Å². The monoisotopic (exact) mass is 640 g/mol. The molecule has 3 aromatic heterocycles. The zero-order chi connectivity index (χ0) is 31.4. The van der Waals surface area contributed by atoms with E-state index in [1.165, 1.54) is 48.1 Å². The van der Waals surface area contributed by atoms with Crippen LogP contribution in [0.2, 0.25) is 0 Å². The zero-order valence-corrected chi connectivity index (χ0v) is 28.4. The summed E-state index contributed by atoms with van der Waals surface area (Å²) in [6.45, 7) is 11.0. The summed E-state index contributed by atoms with van der Waals surface area (Å²) in [5, 5.41) is 4.70. The standard InChI is InChI=1S/C40H38N3OS2/c1-5-41-33-24-31(43-18-17-29-10-7-8-11-32(29)43)14-15-35(33)44-38(41)21-27-20-28(26-40(3,4)25-27)22-39-42(6-2)34-23-30(13-16-37(34)46-39)36-12-9-19-45-36/h7-24H,5-6,25-26H2,1-4H3/q+1. The summed E-state index contributed by atoms with van der Waals surface area (Å²) >= 11 is 3.69. The number of allylic oxidation sites excluding steroid dienone is 4. The molecule has 0 unspecified atom stereocenters. The van der Waals surface area contributed by atoms with Gasteiger partial charge in [-0.05, 0) is 108 Å². The Balaban J connectivity index is 1.14. The minimum atomic E-state index is 0.151. The number of benzene rings is 3. The van der Waals surface area contributed by atoms with Crippen LogP contribution in [0.1, 0.15) is 46.4 Å². The predicted octanol–water partition coefficient (Wildman–Crippen LogP) is 11.0. The number of hydrogen-bond donors (Lipinski definition) is 0. The number of thioether (sulfide) groups is 1. The second-order valence-electron chi connectivity index (χ2n) is 13.0. The van der Waals surface area contributed by atoms with Crippen LogP contribution in [0.4, 0.5) is 5.69 Å². The van der Waals surface area contributed by atoms with Gasteiger partial charge >= 0.3 is 5.89 Å². The lowest BCUT2D eigenvalue weighted by molar-refractivity contribution is -0.674. The smallest absolute Gasteiger partial charge is 0.374 e. The molecular weight excluding hydrogens is 603 g/mol. The summed E-state index contributed by atoms with van der Waals surface area (Å²) in [5.74, 6) is 0.905. The third kappa shape index (κ3) is 5.23. The summed E-state index contributed by atoms with van der Waals surface area (Å²) in [6, 6.07) is 28.5. The second-order valence-corrected chi connectivity index (χ2v) is 15.0. The number of thiophene rings is 1. The molecule has 0 saturated heterocycles. The van der Waals surface area contributed by atoms with Gasteiger partial charge in [-0.25, -0.2) is 0 Å². The summed E-state index contributed by atoms with van der Waals surface area (Å²) in [5.41, 5.74) is 9.82. The van der Waals surface area contributed by atoms with E-state index < -0.39 is 0 Å². The van der Waals surface area contributed by atoms with Gasteiger partial charge in [0.15, 0.2) is 0 Å². The van der Waals surface area contributed by atoms with E-state index in [1.54, 1.807) is 11.3 Å². The average molecular weight is 641 g/mol. The molecule has 0 N–H and O–H groups in total. The molecule has 4 nitrogen and oxygen atoms in total. The van der Waals surface area contributed by atoms with Crippen LogP contribution in [0.5, 0.6) is 0 Å². The molecule has 0 saturated carbocycles. The Morgan fingerprint density at radius 1 is 0.935 bits per heavy atom. The van der Waals surface area contributed by atoms with Crippen LogP contribution in [-0.4, -0.2) is 11.1 Å². The number of rotatable bonds is 6. The molecule has 0 bridgehead atoms. The van der Waals surface area contributed by atoms with Crippen molar-refractivity contribution >= 4 is 56.9 Å². The summed E-state index contributed by atoms with van der Waals surface area (Å²) in [7, 11) is 0.